The zero-order chi connectivity index (χ0) is 22.1. The zero-order valence-electron chi connectivity index (χ0n) is 16.0. The second-order valence-corrected chi connectivity index (χ2v) is 6.43. The Hall–Kier alpha value is -3.18. The number of rotatable bonds is 10. The maximum atomic E-state index is 12.6. The van der Waals surface area contributed by atoms with Crippen molar-refractivity contribution in [2.24, 2.45) is 0 Å². The summed E-state index contributed by atoms with van der Waals surface area (Å²) >= 11 is 0. The van der Waals surface area contributed by atoms with E-state index in [0.29, 0.717) is 5.56 Å². The molecule has 0 radical (unpaired) electrons. The number of hydrogen-bond donors (Lipinski definition) is 7. The molecule has 11 heteroatoms. The maximum absolute atomic E-state index is 12.6. The lowest BCUT2D eigenvalue weighted by Gasteiger charge is -2.25. The molecule has 1 aromatic rings. The van der Waals surface area contributed by atoms with Crippen molar-refractivity contribution in [3.8, 4) is 5.75 Å². The fourth-order valence-electron chi connectivity index (χ4n) is 2.43. The molecular weight excluding hydrogens is 386 g/mol. The number of hydrogen-bond acceptors (Lipinski definition) is 7. The molecule has 0 aliphatic heterocycles. The summed E-state index contributed by atoms with van der Waals surface area (Å²) in [5.41, 5.74) is 0.612. The van der Waals surface area contributed by atoms with E-state index in [9.17, 15) is 29.4 Å². The number of carboxylic acids is 1. The average molecular weight is 411 g/mol. The van der Waals surface area contributed by atoms with Gasteiger partial charge in [0.2, 0.25) is 17.7 Å². The van der Waals surface area contributed by atoms with Crippen LogP contribution < -0.4 is 16.0 Å². The van der Waals surface area contributed by atoms with Crippen LogP contribution in [-0.2, 0) is 25.6 Å². The van der Waals surface area contributed by atoms with E-state index < -0.39 is 54.5 Å². The second kappa shape index (κ2) is 11.0. The Bertz CT molecular complexity index is 735. The van der Waals surface area contributed by atoms with Gasteiger partial charge < -0.3 is 36.4 Å². The molecule has 0 saturated carbocycles. The predicted octanol–water partition coefficient (Wildman–Crippen LogP) is -2.13. The van der Waals surface area contributed by atoms with Gasteiger partial charge in [-0.3, -0.25) is 14.4 Å². The van der Waals surface area contributed by atoms with Crippen molar-refractivity contribution in [3.05, 3.63) is 29.8 Å². The van der Waals surface area contributed by atoms with Crippen LogP contribution in [0.3, 0.4) is 0 Å². The predicted molar refractivity (Wildman–Crippen MR) is 99.7 cm³/mol. The third-order valence-corrected chi connectivity index (χ3v) is 3.93. The minimum absolute atomic E-state index is 0.0250. The summed E-state index contributed by atoms with van der Waals surface area (Å²) in [6, 6.07) is 1.69. The molecule has 1 aromatic carbocycles. The van der Waals surface area contributed by atoms with Crippen LogP contribution in [0.2, 0.25) is 0 Å². The molecule has 0 aliphatic rings. The van der Waals surface area contributed by atoms with E-state index in [2.05, 4.69) is 10.6 Å². The van der Waals surface area contributed by atoms with Crippen LogP contribution in [0.15, 0.2) is 24.3 Å². The summed E-state index contributed by atoms with van der Waals surface area (Å²) in [6.07, 6.45) is -1.35. The largest absolute Gasteiger partial charge is 0.508 e. The van der Waals surface area contributed by atoms with E-state index in [1.54, 1.807) is 12.1 Å². The van der Waals surface area contributed by atoms with Crippen LogP contribution in [0.4, 0.5) is 0 Å². The number of phenolic OH excluding ortho intramolecular Hbond substituents is 1. The van der Waals surface area contributed by atoms with Gasteiger partial charge in [-0.05, 0) is 24.6 Å². The van der Waals surface area contributed by atoms with Gasteiger partial charge >= 0.3 is 5.97 Å². The molecule has 0 aromatic heterocycles. The summed E-state index contributed by atoms with van der Waals surface area (Å²) in [4.78, 5) is 47.3. The van der Waals surface area contributed by atoms with Crippen LogP contribution in [0.25, 0.3) is 0 Å². The summed E-state index contributed by atoms with van der Waals surface area (Å²) < 4.78 is 0. The minimum atomic E-state index is -1.61. The molecule has 0 bridgehead atoms. The van der Waals surface area contributed by atoms with Crippen LogP contribution >= 0.6 is 0 Å². The second-order valence-electron chi connectivity index (χ2n) is 6.43. The number of carboxylic acid groups (broad SMARTS) is 1. The van der Waals surface area contributed by atoms with Gasteiger partial charge in [0.15, 0.2) is 0 Å². The van der Waals surface area contributed by atoms with Gasteiger partial charge in [0.1, 0.15) is 23.9 Å². The van der Waals surface area contributed by atoms with Gasteiger partial charge in [-0.1, -0.05) is 12.1 Å². The molecule has 0 unspecified atom stereocenters. The number of aromatic hydroxyl groups is 1. The molecule has 0 aliphatic carbocycles. The fourth-order valence-corrected chi connectivity index (χ4v) is 2.43. The highest BCUT2D eigenvalue weighted by atomic mass is 16.4. The Morgan fingerprint density at radius 3 is 2.00 bits per heavy atom. The van der Waals surface area contributed by atoms with Crippen molar-refractivity contribution >= 4 is 23.7 Å². The van der Waals surface area contributed by atoms with Gasteiger partial charge in [0.25, 0.3) is 0 Å². The molecule has 3 amide bonds. The Morgan fingerprint density at radius 2 is 1.55 bits per heavy atom. The summed E-state index contributed by atoms with van der Waals surface area (Å²) in [5.74, 6) is -3.77. The van der Waals surface area contributed by atoms with Crippen LogP contribution in [0.5, 0.6) is 5.75 Å². The zero-order valence-corrected chi connectivity index (χ0v) is 16.0. The molecule has 0 fully saturated rings. The third kappa shape index (κ3) is 7.76. The lowest BCUT2D eigenvalue weighted by atomic mass is 10.0. The van der Waals surface area contributed by atoms with Crippen LogP contribution in [0.1, 0.15) is 19.4 Å². The number of aliphatic hydroxyl groups is 2. The number of aliphatic hydroxyl groups excluding tert-OH is 2. The Morgan fingerprint density at radius 1 is 0.966 bits per heavy atom. The third-order valence-electron chi connectivity index (χ3n) is 3.93. The van der Waals surface area contributed by atoms with E-state index in [1.807, 2.05) is 5.32 Å². The summed E-state index contributed by atoms with van der Waals surface area (Å²) in [7, 11) is 0. The first-order valence-corrected chi connectivity index (χ1v) is 8.72. The van der Waals surface area contributed by atoms with E-state index in [1.165, 1.54) is 26.0 Å². The van der Waals surface area contributed by atoms with Crippen molar-refractivity contribution in [3.63, 3.8) is 0 Å². The monoisotopic (exact) mass is 411 g/mol. The standard InChI is InChI=1S/C18H25N3O8/c1-9(23)15(17(27)20-14(8-22)18(28)29)21-16(26)13(19-10(2)24)7-11-3-5-12(25)6-4-11/h3-6,9,13-15,22-23,25H,7-8H2,1-2H3,(H,19,24)(H,20,27)(H,21,26)(H,28,29)/t9-,13+,14+,15+/m1/s1. The molecule has 0 saturated heterocycles. The average Bonchev–Trinajstić information content (AvgIpc) is 2.64. The number of phenols is 1. The Kier molecular flexibility index (Phi) is 9.03. The van der Waals surface area contributed by atoms with E-state index >= 15 is 0 Å². The van der Waals surface area contributed by atoms with Crippen molar-refractivity contribution in [2.75, 3.05) is 6.61 Å². The molecule has 4 atom stereocenters. The van der Waals surface area contributed by atoms with E-state index in [0.717, 1.165) is 0 Å². The normalized spacial score (nSPS) is 14.8. The summed E-state index contributed by atoms with van der Waals surface area (Å²) in [5, 5.41) is 43.8. The number of aliphatic carboxylic acids is 1. The lowest BCUT2D eigenvalue weighted by molar-refractivity contribution is -0.144. The van der Waals surface area contributed by atoms with Gasteiger partial charge in [0.05, 0.1) is 12.7 Å². The first kappa shape index (κ1) is 23.9. The van der Waals surface area contributed by atoms with E-state index in [4.69, 9.17) is 10.2 Å². The highest BCUT2D eigenvalue weighted by Gasteiger charge is 2.31. The smallest absolute Gasteiger partial charge is 0.328 e. The molecule has 1 rings (SSSR count). The number of carbonyl (C=O) groups is 4. The fraction of sp³-hybridized carbons (Fsp3) is 0.444. The summed E-state index contributed by atoms with van der Waals surface area (Å²) in [6.45, 7) is 1.54. The lowest BCUT2D eigenvalue weighted by Crippen LogP contribution is -2.59. The van der Waals surface area contributed by atoms with E-state index in [-0.39, 0.29) is 12.2 Å². The molecule has 11 nitrogen and oxygen atoms in total. The maximum Gasteiger partial charge on any atom is 0.328 e. The van der Waals surface area contributed by atoms with Crippen molar-refractivity contribution in [1.82, 2.24) is 16.0 Å². The molecule has 29 heavy (non-hydrogen) atoms. The Balaban J connectivity index is 2.94. The van der Waals surface area contributed by atoms with Gasteiger partial charge in [0, 0.05) is 13.3 Å². The van der Waals surface area contributed by atoms with Gasteiger partial charge in [-0.15, -0.1) is 0 Å². The number of amides is 3. The molecular formula is C18H25N3O8. The SMILES string of the molecule is CC(=O)N[C@@H](Cc1ccc(O)cc1)C(=O)N[C@H](C(=O)N[C@@H](CO)C(=O)O)[C@@H](C)O. The molecule has 0 spiro atoms. The van der Waals surface area contributed by atoms with Gasteiger partial charge in [-0.2, -0.15) is 0 Å². The Labute approximate surface area is 166 Å². The topological polar surface area (TPSA) is 185 Å². The minimum Gasteiger partial charge on any atom is -0.508 e. The van der Waals surface area contributed by atoms with Crippen molar-refractivity contribution in [2.45, 2.75) is 44.5 Å². The number of benzene rings is 1. The highest BCUT2D eigenvalue weighted by molar-refractivity contribution is 5.93. The highest BCUT2D eigenvalue weighted by Crippen LogP contribution is 2.12. The quantitative estimate of drug-likeness (QED) is 0.227. The first-order valence-electron chi connectivity index (χ1n) is 8.72. The first-order chi connectivity index (χ1) is 13.5. The number of nitrogens with one attached hydrogen (secondary N) is 3. The van der Waals surface area contributed by atoms with Crippen molar-refractivity contribution < 1.29 is 39.6 Å². The van der Waals surface area contributed by atoms with Crippen LogP contribution in [-0.4, -0.2) is 75.0 Å². The molecule has 160 valence electrons. The van der Waals surface area contributed by atoms with Crippen LogP contribution in [0, 0.1) is 0 Å². The van der Waals surface area contributed by atoms with Gasteiger partial charge in [-0.25, -0.2) is 4.79 Å². The number of carbonyl (C=O) groups excluding carboxylic acids is 3. The van der Waals surface area contributed by atoms with Crippen molar-refractivity contribution in [1.29, 1.82) is 0 Å². The molecule has 7 N–H and O–H groups in total. The molecule has 0 heterocycles.